The van der Waals surface area contributed by atoms with Gasteiger partial charge in [-0.3, -0.25) is 0 Å². The van der Waals surface area contributed by atoms with Crippen LogP contribution in [0.1, 0.15) is 44.7 Å². The van der Waals surface area contributed by atoms with E-state index in [4.69, 9.17) is 9.26 Å². The highest BCUT2D eigenvalue weighted by molar-refractivity contribution is 5.79. The van der Waals surface area contributed by atoms with E-state index in [1.807, 2.05) is 18.2 Å². The molecule has 1 aromatic heterocycles. The van der Waals surface area contributed by atoms with Crippen molar-refractivity contribution in [3.05, 3.63) is 30.0 Å². The molecule has 4 heteroatoms. The Balaban J connectivity index is 1.37. The first kappa shape index (κ1) is 16.5. The number of fused-ring (bicyclic) bond motifs is 1. The molecule has 0 spiro atoms. The summed E-state index contributed by atoms with van der Waals surface area (Å²) < 4.78 is 11.3. The monoisotopic (exact) mass is 316 g/mol. The first-order valence-corrected chi connectivity index (χ1v) is 9.04. The molecule has 23 heavy (non-hydrogen) atoms. The zero-order valence-corrected chi connectivity index (χ0v) is 14.2. The molecule has 0 N–H and O–H groups in total. The van der Waals surface area contributed by atoms with Crippen LogP contribution in [0.3, 0.4) is 0 Å². The van der Waals surface area contributed by atoms with Crippen LogP contribution >= 0.6 is 0 Å². The van der Waals surface area contributed by atoms with Gasteiger partial charge < -0.3 is 14.2 Å². The average Bonchev–Trinajstić information content (AvgIpc) is 3.00. The highest BCUT2D eigenvalue weighted by Gasteiger charge is 2.19. The second-order valence-corrected chi connectivity index (χ2v) is 6.49. The summed E-state index contributed by atoms with van der Waals surface area (Å²) in [5.41, 5.74) is 1.99. The minimum Gasteiger partial charge on any atom is -0.378 e. The topological polar surface area (TPSA) is 38.5 Å². The van der Waals surface area contributed by atoms with Gasteiger partial charge in [-0.1, -0.05) is 30.6 Å². The minimum atomic E-state index is 0.484. The van der Waals surface area contributed by atoms with E-state index in [0.717, 1.165) is 55.7 Å². The van der Waals surface area contributed by atoms with Crippen molar-refractivity contribution in [2.45, 2.75) is 51.6 Å². The van der Waals surface area contributed by atoms with Crippen LogP contribution in [0.5, 0.6) is 0 Å². The summed E-state index contributed by atoms with van der Waals surface area (Å²) in [4.78, 5) is 2.56. The minimum absolute atomic E-state index is 0.484. The van der Waals surface area contributed by atoms with E-state index >= 15 is 0 Å². The SMILES string of the molecule is CCCCOC1CCN(CCCc2noc3ccccc23)CC1. The number of ether oxygens (including phenoxy) is 1. The van der Waals surface area contributed by atoms with Crippen molar-refractivity contribution in [1.29, 1.82) is 0 Å². The molecule has 0 saturated carbocycles. The molecular weight excluding hydrogens is 288 g/mol. The highest BCUT2D eigenvalue weighted by Crippen LogP contribution is 2.20. The summed E-state index contributed by atoms with van der Waals surface area (Å²) in [5, 5.41) is 5.38. The van der Waals surface area contributed by atoms with Gasteiger partial charge in [0.2, 0.25) is 0 Å². The second kappa shape index (κ2) is 8.46. The molecule has 2 heterocycles. The normalized spacial score (nSPS) is 17.1. The van der Waals surface area contributed by atoms with Crippen molar-refractivity contribution in [3.63, 3.8) is 0 Å². The Morgan fingerprint density at radius 3 is 2.87 bits per heavy atom. The first-order valence-electron chi connectivity index (χ1n) is 9.04. The van der Waals surface area contributed by atoms with E-state index < -0.39 is 0 Å². The number of likely N-dealkylation sites (tertiary alicyclic amines) is 1. The van der Waals surface area contributed by atoms with E-state index in [0.29, 0.717) is 6.10 Å². The molecule has 3 rings (SSSR count). The van der Waals surface area contributed by atoms with Crippen LogP contribution in [0.4, 0.5) is 0 Å². The first-order chi connectivity index (χ1) is 11.4. The molecule has 126 valence electrons. The maximum atomic E-state index is 5.93. The zero-order chi connectivity index (χ0) is 15.9. The van der Waals surface area contributed by atoms with Gasteiger partial charge in [0.05, 0.1) is 11.8 Å². The third kappa shape index (κ3) is 4.55. The molecule has 1 aliphatic heterocycles. The van der Waals surface area contributed by atoms with E-state index in [1.165, 1.54) is 25.7 Å². The number of hydrogen-bond acceptors (Lipinski definition) is 4. The average molecular weight is 316 g/mol. The maximum absolute atomic E-state index is 5.93. The van der Waals surface area contributed by atoms with Gasteiger partial charge in [0, 0.05) is 25.1 Å². The Hall–Kier alpha value is -1.39. The molecule has 2 aromatic rings. The summed E-state index contributed by atoms with van der Waals surface area (Å²) >= 11 is 0. The van der Waals surface area contributed by atoms with Crippen molar-refractivity contribution in [3.8, 4) is 0 Å². The molecule has 1 saturated heterocycles. The number of piperidine rings is 1. The summed E-state index contributed by atoms with van der Waals surface area (Å²) in [6, 6.07) is 8.12. The Morgan fingerprint density at radius 2 is 2.04 bits per heavy atom. The number of unbranched alkanes of at least 4 members (excludes halogenated alkanes) is 1. The quantitative estimate of drug-likeness (QED) is 0.689. The molecular formula is C19H28N2O2. The maximum Gasteiger partial charge on any atom is 0.167 e. The second-order valence-electron chi connectivity index (χ2n) is 6.49. The summed E-state index contributed by atoms with van der Waals surface area (Å²) in [6.07, 6.45) is 7.37. The molecule has 0 atom stereocenters. The third-order valence-corrected chi connectivity index (χ3v) is 4.73. The van der Waals surface area contributed by atoms with E-state index in [9.17, 15) is 0 Å². The molecule has 0 aliphatic carbocycles. The summed E-state index contributed by atoms with van der Waals surface area (Å²) in [5.74, 6) is 0. The molecule has 1 aromatic carbocycles. The van der Waals surface area contributed by atoms with Crippen molar-refractivity contribution >= 4 is 11.0 Å². The molecule has 1 fully saturated rings. The van der Waals surface area contributed by atoms with Gasteiger partial charge in [-0.15, -0.1) is 0 Å². The smallest absolute Gasteiger partial charge is 0.167 e. The predicted molar refractivity (Wildman–Crippen MR) is 92.7 cm³/mol. The van der Waals surface area contributed by atoms with Crippen LogP contribution in [-0.2, 0) is 11.2 Å². The lowest BCUT2D eigenvalue weighted by Gasteiger charge is -2.31. The van der Waals surface area contributed by atoms with Crippen LogP contribution in [-0.4, -0.2) is 42.4 Å². The number of aryl methyl sites for hydroxylation is 1. The van der Waals surface area contributed by atoms with E-state index in [-0.39, 0.29) is 0 Å². The molecule has 4 nitrogen and oxygen atoms in total. The Kier molecular flexibility index (Phi) is 6.06. The molecule has 1 aliphatic rings. The fraction of sp³-hybridized carbons (Fsp3) is 0.632. The van der Waals surface area contributed by atoms with Gasteiger partial charge >= 0.3 is 0 Å². The largest absolute Gasteiger partial charge is 0.378 e. The van der Waals surface area contributed by atoms with Gasteiger partial charge in [0.25, 0.3) is 0 Å². The fourth-order valence-corrected chi connectivity index (χ4v) is 3.28. The van der Waals surface area contributed by atoms with Crippen LogP contribution in [0, 0.1) is 0 Å². The number of hydrogen-bond donors (Lipinski definition) is 0. The summed E-state index contributed by atoms with van der Waals surface area (Å²) in [7, 11) is 0. The van der Waals surface area contributed by atoms with Crippen molar-refractivity contribution < 1.29 is 9.26 Å². The Labute approximate surface area is 138 Å². The molecule has 0 bridgehead atoms. The number of aromatic nitrogens is 1. The van der Waals surface area contributed by atoms with Gasteiger partial charge in [-0.05, 0) is 50.8 Å². The Morgan fingerprint density at radius 1 is 1.22 bits per heavy atom. The lowest BCUT2D eigenvalue weighted by atomic mass is 10.1. The van der Waals surface area contributed by atoms with Crippen LogP contribution in [0.2, 0.25) is 0 Å². The number of nitrogens with zero attached hydrogens (tertiary/aromatic N) is 2. The third-order valence-electron chi connectivity index (χ3n) is 4.73. The van der Waals surface area contributed by atoms with Crippen LogP contribution < -0.4 is 0 Å². The zero-order valence-electron chi connectivity index (χ0n) is 14.2. The van der Waals surface area contributed by atoms with E-state index in [1.54, 1.807) is 0 Å². The van der Waals surface area contributed by atoms with Crippen molar-refractivity contribution in [2.24, 2.45) is 0 Å². The molecule has 0 amide bonds. The lowest BCUT2D eigenvalue weighted by molar-refractivity contribution is 0.00623. The highest BCUT2D eigenvalue weighted by atomic mass is 16.5. The Bertz CT molecular complexity index is 588. The molecule has 0 radical (unpaired) electrons. The van der Waals surface area contributed by atoms with Gasteiger partial charge in [0.1, 0.15) is 0 Å². The number of rotatable bonds is 8. The summed E-state index contributed by atoms with van der Waals surface area (Å²) in [6.45, 7) is 6.61. The lowest BCUT2D eigenvalue weighted by Crippen LogP contribution is -2.37. The van der Waals surface area contributed by atoms with Crippen molar-refractivity contribution in [1.82, 2.24) is 10.1 Å². The molecule has 0 unspecified atom stereocenters. The fourth-order valence-electron chi connectivity index (χ4n) is 3.28. The predicted octanol–water partition coefficient (Wildman–Crippen LogP) is 4.04. The van der Waals surface area contributed by atoms with Gasteiger partial charge in [-0.25, -0.2) is 0 Å². The van der Waals surface area contributed by atoms with Crippen LogP contribution in [0.15, 0.2) is 28.8 Å². The number of benzene rings is 1. The number of para-hydroxylation sites is 1. The van der Waals surface area contributed by atoms with Gasteiger partial charge in [-0.2, -0.15) is 0 Å². The van der Waals surface area contributed by atoms with Crippen molar-refractivity contribution in [2.75, 3.05) is 26.2 Å². The van der Waals surface area contributed by atoms with Gasteiger partial charge in [0.15, 0.2) is 5.58 Å². The van der Waals surface area contributed by atoms with E-state index in [2.05, 4.69) is 23.0 Å². The standard InChI is InChI=1S/C19H28N2O2/c1-2-3-15-22-16-10-13-21(14-11-16)12-6-8-18-17-7-4-5-9-19(17)23-20-18/h4-5,7,9,16H,2-3,6,8,10-15H2,1H3. The van der Waals surface area contributed by atoms with Crippen LogP contribution in [0.25, 0.3) is 11.0 Å².